The quantitative estimate of drug-likeness (QED) is 0.930. The minimum atomic E-state index is -0.596. The Balaban J connectivity index is 1.78. The predicted molar refractivity (Wildman–Crippen MR) is 75.7 cm³/mol. The molecule has 0 radical (unpaired) electrons. The average molecular weight is 275 g/mol. The Morgan fingerprint density at radius 3 is 2.47 bits per heavy atom. The van der Waals surface area contributed by atoms with Crippen molar-refractivity contribution in [3.05, 3.63) is 45.4 Å². The highest BCUT2D eigenvalue weighted by Crippen LogP contribution is 2.32. The standard InChI is InChI=1S/C15H17NO2S/c1-9-15(19-10(2)16-9)14(17)11-3-5-12(6-4-11)18-13-7-8-13/h3-6,13-14,17H,7-8H2,1-2H3. The third-order valence-electron chi connectivity index (χ3n) is 3.21. The molecule has 1 aromatic carbocycles. The zero-order valence-electron chi connectivity index (χ0n) is 11.1. The van der Waals surface area contributed by atoms with Crippen molar-refractivity contribution in [2.24, 2.45) is 0 Å². The van der Waals surface area contributed by atoms with Gasteiger partial charge in [-0.25, -0.2) is 4.98 Å². The zero-order valence-corrected chi connectivity index (χ0v) is 11.9. The van der Waals surface area contributed by atoms with Crippen molar-refractivity contribution in [3.8, 4) is 5.75 Å². The first-order valence-corrected chi connectivity index (χ1v) is 7.34. The van der Waals surface area contributed by atoms with Crippen LogP contribution in [0.25, 0.3) is 0 Å². The molecule has 4 heteroatoms. The van der Waals surface area contributed by atoms with Crippen molar-refractivity contribution in [2.45, 2.75) is 38.9 Å². The Bertz CT molecular complexity index is 572. The SMILES string of the molecule is Cc1nc(C)c(C(O)c2ccc(OC3CC3)cc2)s1. The highest BCUT2D eigenvalue weighted by Gasteiger charge is 2.23. The lowest BCUT2D eigenvalue weighted by Crippen LogP contribution is -2.00. The van der Waals surface area contributed by atoms with Crippen LogP contribution in [0.4, 0.5) is 0 Å². The zero-order chi connectivity index (χ0) is 13.4. The number of aliphatic hydroxyl groups excluding tert-OH is 1. The van der Waals surface area contributed by atoms with Crippen molar-refractivity contribution in [1.29, 1.82) is 0 Å². The van der Waals surface area contributed by atoms with E-state index in [4.69, 9.17) is 4.74 Å². The van der Waals surface area contributed by atoms with Gasteiger partial charge in [-0.1, -0.05) is 12.1 Å². The first-order chi connectivity index (χ1) is 9.13. The van der Waals surface area contributed by atoms with Crippen molar-refractivity contribution >= 4 is 11.3 Å². The third-order valence-corrected chi connectivity index (χ3v) is 4.34. The Morgan fingerprint density at radius 1 is 1.26 bits per heavy atom. The maximum Gasteiger partial charge on any atom is 0.119 e. The van der Waals surface area contributed by atoms with Crippen LogP contribution in [0.2, 0.25) is 0 Å². The molecule has 1 unspecified atom stereocenters. The fourth-order valence-electron chi connectivity index (χ4n) is 2.06. The third kappa shape index (κ3) is 2.80. The summed E-state index contributed by atoms with van der Waals surface area (Å²) in [4.78, 5) is 5.28. The first kappa shape index (κ1) is 12.6. The minimum Gasteiger partial charge on any atom is -0.490 e. The predicted octanol–water partition coefficient (Wildman–Crippen LogP) is 3.38. The molecule has 0 amide bonds. The van der Waals surface area contributed by atoms with Crippen LogP contribution >= 0.6 is 11.3 Å². The Kier molecular flexibility index (Phi) is 3.29. The molecule has 0 saturated heterocycles. The van der Waals surface area contributed by atoms with E-state index in [1.165, 1.54) is 0 Å². The second-order valence-electron chi connectivity index (χ2n) is 4.97. The highest BCUT2D eigenvalue weighted by atomic mass is 32.1. The van der Waals surface area contributed by atoms with Crippen LogP contribution in [-0.2, 0) is 0 Å². The molecule has 1 N–H and O–H groups in total. The molecule has 1 saturated carbocycles. The number of hydrogen-bond donors (Lipinski definition) is 1. The number of aromatic nitrogens is 1. The van der Waals surface area contributed by atoms with Crippen LogP contribution in [0.3, 0.4) is 0 Å². The molecular weight excluding hydrogens is 258 g/mol. The molecule has 100 valence electrons. The molecule has 3 nitrogen and oxygen atoms in total. The van der Waals surface area contributed by atoms with E-state index in [-0.39, 0.29) is 0 Å². The number of hydrogen-bond acceptors (Lipinski definition) is 4. The van der Waals surface area contributed by atoms with E-state index in [1.54, 1.807) is 11.3 Å². The van der Waals surface area contributed by atoms with Gasteiger partial charge in [0.2, 0.25) is 0 Å². The Labute approximate surface area is 116 Å². The van der Waals surface area contributed by atoms with E-state index in [9.17, 15) is 5.11 Å². The monoisotopic (exact) mass is 275 g/mol. The number of aryl methyl sites for hydroxylation is 2. The smallest absolute Gasteiger partial charge is 0.119 e. The molecule has 1 atom stereocenters. The van der Waals surface area contributed by atoms with Crippen LogP contribution in [0.5, 0.6) is 5.75 Å². The molecule has 2 aromatic rings. The largest absolute Gasteiger partial charge is 0.490 e. The number of benzene rings is 1. The summed E-state index contributed by atoms with van der Waals surface area (Å²) >= 11 is 1.55. The van der Waals surface area contributed by atoms with Gasteiger partial charge in [0.15, 0.2) is 0 Å². The summed E-state index contributed by atoms with van der Waals surface area (Å²) in [5.41, 5.74) is 1.79. The summed E-state index contributed by atoms with van der Waals surface area (Å²) in [5, 5.41) is 11.4. The molecule has 0 spiro atoms. The molecule has 3 rings (SSSR count). The highest BCUT2D eigenvalue weighted by molar-refractivity contribution is 7.11. The fourth-order valence-corrected chi connectivity index (χ4v) is 3.00. The number of aliphatic hydroxyl groups is 1. The van der Waals surface area contributed by atoms with Gasteiger partial charge >= 0.3 is 0 Å². The van der Waals surface area contributed by atoms with Gasteiger partial charge < -0.3 is 9.84 Å². The van der Waals surface area contributed by atoms with Gasteiger partial charge in [-0.15, -0.1) is 11.3 Å². The summed E-state index contributed by atoms with van der Waals surface area (Å²) in [6.45, 7) is 3.90. The molecule has 1 fully saturated rings. The molecule has 0 bridgehead atoms. The minimum absolute atomic E-state index is 0.405. The van der Waals surface area contributed by atoms with Crippen molar-refractivity contribution < 1.29 is 9.84 Å². The maximum absolute atomic E-state index is 10.4. The van der Waals surface area contributed by atoms with Crippen LogP contribution in [-0.4, -0.2) is 16.2 Å². The molecular formula is C15H17NO2S. The van der Waals surface area contributed by atoms with Gasteiger partial charge in [0.1, 0.15) is 11.9 Å². The van der Waals surface area contributed by atoms with E-state index >= 15 is 0 Å². The van der Waals surface area contributed by atoms with Crippen molar-refractivity contribution in [1.82, 2.24) is 4.98 Å². The number of nitrogens with zero attached hydrogens (tertiary/aromatic N) is 1. The lowest BCUT2D eigenvalue weighted by molar-refractivity contribution is 0.223. The van der Waals surface area contributed by atoms with Crippen molar-refractivity contribution in [3.63, 3.8) is 0 Å². The second kappa shape index (κ2) is 4.94. The number of thiazole rings is 1. The van der Waals surface area contributed by atoms with Crippen LogP contribution in [0.1, 0.15) is 40.1 Å². The maximum atomic E-state index is 10.4. The van der Waals surface area contributed by atoms with Crippen LogP contribution in [0.15, 0.2) is 24.3 Å². The number of rotatable bonds is 4. The summed E-state index contributed by atoms with van der Waals surface area (Å²) in [6, 6.07) is 7.72. The molecule has 1 aliphatic rings. The Hall–Kier alpha value is -1.39. The van der Waals surface area contributed by atoms with E-state index in [0.29, 0.717) is 6.10 Å². The topological polar surface area (TPSA) is 42.4 Å². The molecule has 1 heterocycles. The molecule has 0 aliphatic heterocycles. The summed E-state index contributed by atoms with van der Waals surface area (Å²) in [5.74, 6) is 0.885. The van der Waals surface area contributed by atoms with Gasteiger partial charge in [-0.2, -0.15) is 0 Å². The summed E-state index contributed by atoms with van der Waals surface area (Å²) in [7, 11) is 0. The normalized spacial score (nSPS) is 16.4. The van der Waals surface area contributed by atoms with E-state index in [1.807, 2.05) is 38.1 Å². The van der Waals surface area contributed by atoms with Crippen LogP contribution in [0, 0.1) is 13.8 Å². The Morgan fingerprint density at radius 2 is 1.95 bits per heavy atom. The molecule has 1 aromatic heterocycles. The van der Waals surface area contributed by atoms with E-state index in [2.05, 4.69) is 4.98 Å². The van der Waals surface area contributed by atoms with Gasteiger partial charge in [0, 0.05) is 0 Å². The summed E-state index contributed by atoms with van der Waals surface area (Å²) < 4.78 is 5.70. The first-order valence-electron chi connectivity index (χ1n) is 6.52. The lowest BCUT2D eigenvalue weighted by atomic mass is 10.1. The lowest BCUT2D eigenvalue weighted by Gasteiger charge is -2.11. The van der Waals surface area contributed by atoms with Gasteiger partial charge in [0.05, 0.1) is 21.7 Å². The van der Waals surface area contributed by atoms with E-state index < -0.39 is 6.10 Å². The molecule has 19 heavy (non-hydrogen) atoms. The van der Waals surface area contributed by atoms with Crippen LogP contribution < -0.4 is 4.74 Å². The van der Waals surface area contributed by atoms with Gasteiger partial charge in [-0.05, 0) is 44.4 Å². The van der Waals surface area contributed by atoms with Crippen molar-refractivity contribution in [2.75, 3.05) is 0 Å². The molecule has 1 aliphatic carbocycles. The van der Waals surface area contributed by atoms with Gasteiger partial charge in [0.25, 0.3) is 0 Å². The number of ether oxygens (including phenoxy) is 1. The second-order valence-corrected chi connectivity index (χ2v) is 6.21. The summed E-state index contributed by atoms with van der Waals surface area (Å²) in [6.07, 6.45) is 2.12. The average Bonchev–Trinajstić information content (AvgIpc) is 3.13. The van der Waals surface area contributed by atoms with Gasteiger partial charge in [-0.3, -0.25) is 0 Å². The van der Waals surface area contributed by atoms with E-state index in [0.717, 1.165) is 39.7 Å². The fraction of sp³-hybridized carbons (Fsp3) is 0.400.